The van der Waals surface area contributed by atoms with Crippen LogP contribution in [0.1, 0.15) is 49.8 Å². The minimum atomic E-state index is -5.08. The van der Waals surface area contributed by atoms with Crippen LogP contribution in [0.15, 0.2) is 47.4 Å². The van der Waals surface area contributed by atoms with E-state index in [1.54, 1.807) is 0 Å². The normalized spacial score (nSPS) is 16.5. The van der Waals surface area contributed by atoms with Crippen LogP contribution in [0.2, 0.25) is 0 Å². The molecule has 0 unspecified atom stereocenters. The third-order valence-electron chi connectivity index (χ3n) is 6.66. The van der Waals surface area contributed by atoms with Crippen molar-refractivity contribution in [3.63, 3.8) is 0 Å². The van der Waals surface area contributed by atoms with Crippen molar-refractivity contribution in [3.05, 3.63) is 59.2 Å². The quantitative estimate of drug-likeness (QED) is 0.428. The number of alkyl halides is 3. The number of nitrogens with zero attached hydrogens (tertiary/aromatic N) is 2. The van der Waals surface area contributed by atoms with Gasteiger partial charge in [-0.25, -0.2) is 8.42 Å². The molecule has 0 saturated carbocycles. The summed E-state index contributed by atoms with van der Waals surface area (Å²) in [5.41, 5.74) is 1.61. The van der Waals surface area contributed by atoms with E-state index in [9.17, 15) is 36.0 Å². The number of carbonyl (C=O) groups is 3. The number of nitrogens with one attached hydrogen (secondary N) is 1. The van der Waals surface area contributed by atoms with Crippen molar-refractivity contribution in [1.82, 2.24) is 14.5 Å². The van der Waals surface area contributed by atoms with Crippen LogP contribution in [0, 0.1) is 0 Å². The van der Waals surface area contributed by atoms with Gasteiger partial charge in [0.05, 0.1) is 4.90 Å². The molecule has 41 heavy (non-hydrogen) atoms. The lowest BCUT2D eigenvalue weighted by Crippen LogP contribution is -2.61. The molecule has 1 aliphatic heterocycles. The summed E-state index contributed by atoms with van der Waals surface area (Å²) in [5, 5.41) is 11.7. The summed E-state index contributed by atoms with van der Waals surface area (Å²) in [6, 6.07) is 8.85. The Kier molecular flexibility index (Phi) is 10.0. The van der Waals surface area contributed by atoms with E-state index in [2.05, 4.69) is 10.1 Å². The fourth-order valence-electron chi connectivity index (χ4n) is 4.39. The molecule has 3 rings (SSSR count). The zero-order valence-electron chi connectivity index (χ0n) is 22.8. The molecule has 10 nitrogen and oxygen atoms in total. The van der Waals surface area contributed by atoms with Gasteiger partial charge in [0.25, 0.3) is 0 Å². The highest BCUT2D eigenvalue weighted by molar-refractivity contribution is 7.89. The topological polar surface area (TPSA) is 133 Å². The summed E-state index contributed by atoms with van der Waals surface area (Å²) in [4.78, 5) is 37.3. The van der Waals surface area contributed by atoms with Gasteiger partial charge in [-0.15, -0.1) is 13.2 Å². The van der Waals surface area contributed by atoms with Crippen LogP contribution in [0.25, 0.3) is 0 Å². The number of ether oxygens (including phenoxy) is 1. The molecule has 2 N–H and O–H groups in total. The summed E-state index contributed by atoms with van der Waals surface area (Å²) in [5.74, 6) is -2.72. The summed E-state index contributed by atoms with van der Waals surface area (Å²) < 4.78 is 71.0. The van der Waals surface area contributed by atoms with Crippen LogP contribution in [-0.4, -0.2) is 72.6 Å². The Morgan fingerprint density at radius 3 is 2.32 bits per heavy atom. The minimum Gasteiger partial charge on any atom is -0.481 e. The van der Waals surface area contributed by atoms with Crippen LogP contribution < -0.4 is 10.1 Å². The molecule has 1 atom stereocenters. The molecule has 1 saturated heterocycles. The molecule has 0 bridgehead atoms. The number of carboxylic acids is 1. The monoisotopic (exact) mass is 599 g/mol. The molecular weight excluding hydrogens is 567 g/mol. The Morgan fingerprint density at radius 2 is 1.76 bits per heavy atom. The molecule has 0 radical (unpaired) electrons. The maximum atomic E-state index is 13.7. The third-order valence-corrected chi connectivity index (χ3v) is 8.57. The number of hydrogen-bond acceptors (Lipinski definition) is 6. The summed E-state index contributed by atoms with van der Waals surface area (Å²) in [6.45, 7) is 5.01. The van der Waals surface area contributed by atoms with Crippen molar-refractivity contribution in [2.45, 2.75) is 63.4 Å². The second-order valence-corrected chi connectivity index (χ2v) is 11.8. The molecule has 2 amide bonds. The van der Waals surface area contributed by atoms with Gasteiger partial charge in [0.2, 0.25) is 21.8 Å². The van der Waals surface area contributed by atoms with E-state index >= 15 is 0 Å². The van der Waals surface area contributed by atoms with Gasteiger partial charge in [-0.1, -0.05) is 38.1 Å². The first-order valence-corrected chi connectivity index (χ1v) is 14.3. The van der Waals surface area contributed by atoms with Gasteiger partial charge >= 0.3 is 12.3 Å². The smallest absolute Gasteiger partial charge is 0.481 e. The highest BCUT2D eigenvalue weighted by Crippen LogP contribution is 2.31. The van der Waals surface area contributed by atoms with Crippen LogP contribution in [-0.2, 0) is 37.4 Å². The number of piperazine rings is 1. The first-order chi connectivity index (χ1) is 19.1. The Morgan fingerprint density at radius 1 is 1.10 bits per heavy atom. The zero-order chi connectivity index (χ0) is 30.5. The molecule has 0 aromatic heterocycles. The number of hydrogen-bond donors (Lipinski definition) is 2. The number of halogens is 3. The standard InChI is InChI=1S/C27H32F3N3O7S/c1-17(2)20-6-4-19(5-7-20)15-31-26(37)23-16-32(18(3)34)12-13-33(23)41(38,39)22-9-10-24(40-27(28,29)30)21(14-22)8-11-25(35)36/h4-7,9-10,14,17,23H,8,11-13,15-16H2,1-3H3,(H,31,37)(H,35,36)/t23-/m1/s1. The van der Waals surface area contributed by atoms with E-state index in [-0.39, 0.29) is 37.6 Å². The average molecular weight is 600 g/mol. The van der Waals surface area contributed by atoms with Crippen LogP contribution in [0.4, 0.5) is 13.2 Å². The Balaban J connectivity index is 1.90. The van der Waals surface area contributed by atoms with E-state index in [1.165, 1.54) is 11.8 Å². The fourth-order valence-corrected chi connectivity index (χ4v) is 6.02. The number of benzene rings is 2. The lowest BCUT2D eigenvalue weighted by atomic mass is 10.0. The van der Waals surface area contributed by atoms with Crippen LogP contribution in [0.3, 0.4) is 0 Å². The van der Waals surface area contributed by atoms with Crippen molar-refractivity contribution < 1.29 is 45.8 Å². The first kappa shape index (κ1) is 31.9. The minimum absolute atomic E-state index is 0.00382. The molecule has 0 aliphatic carbocycles. The molecular formula is C27H32F3N3O7S. The second-order valence-electron chi connectivity index (χ2n) is 9.92. The van der Waals surface area contributed by atoms with Crippen molar-refractivity contribution in [2.24, 2.45) is 0 Å². The van der Waals surface area contributed by atoms with Gasteiger partial charge in [0, 0.05) is 39.5 Å². The predicted molar refractivity (Wildman–Crippen MR) is 141 cm³/mol. The van der Waals surface area contributed by atoms with E-state index in [4.69, 9.17) is 5.11 Å². The molecule has 2 aromatic carbocycles. The van der Waals surface area contributed by atoms with E-state index < -0.39 is 57.8 Å². The number of aryl methyl sites for hydroxylation is 1. The molecule has 1 heterocycles. The lowest BCUT2D eigenvalue weighted by molar-refractivity contribution is -0.274. The van der Waals surface area contributed by atoms with Gasteiger partial charge in [-0.05, 0) is 47.2 Å². The molecule has 224 valence electrons. The van der Waals surface area contributed by atoms with Crippen LogP contribution >= 0.6 is 0 Å². The SMILES string of the molecule is CC(=O)N1CCN(S(=O)(=O)c2ccc(OC(F)(F)F)c(CCC(=O)O)c2)[C@@H](C(=O)NCc2ccc(C(C)C)cc2)C1. The molecule has 1 fully saturated rings. The highest BCUT2D eigenvalue weighted by Gasteiger charge is 2.41. The number of rotatable bonds is 10. The predicted octanol–water partition coefficient (Wildman–Crippen LogP) is 3.26. The number of aliphatic carboxylic acids is 1. The number of amides is 2. The molecule has 0 spiro atoms. The summed E-state index contributed by atoms with van der Waals surface area (Å²) >= 11 is 0. The van der Waals surface area contributed by atoms with Crippen LogP contribution in [0.5, 0.6) is 5.75 Å². The van der Waals surface area contributed by atoms with Crippen molar-refractivity contribution in [3.8, 4) is 5.75 Å². The highest BCUT2D eigenvalue weighted by atomic mass is 32.2. The van der Waals surface area contributed by atoms with Gasteiger partial charge in [0.1, 0.15) is 11.8 Å². The average Bonchev–Trinajstić information content (AvgIpc) is 2.89. The second kappa shape index (κ2) is 12.9. The Bertz CT molecular complexity index is 1380. The first-order valence-electron chi connectivity index (χ1n) is 12.8. The maximum Gasteiger partial charge on any atom is 0.573 e. The van der Waals surface area contributed by atoms with Crippen molar-refractivity contribution in [2.75, 3.05) is 19.6 Å². The van der Waals surface area contributed by atoms with E-state index in [1.807, 2.05) is 38.1 Å². The van der Waals surface area contributed by atoms with Crippen molar-refractivity contribution in [1.29, 1.82) is 0 Å². The number of carbonyl (C=O) groups excluding carboxylic acids is 2. The van der Waals surface area contributed by atoms with Gasteiger partial charge in [-0.3, -0.25) is 14.4 Å². The lowest BCUT2D eigenvalue weighted by Gasteiger charge is -2.39. The Labute approximate surface area is 236 Å². The number of carboxylic acid groups (broad SMARTS) is 1. The molecule has 14 heteroatoms. The number of sulfonamides is 1. The van der Waals surface area contributed by atoms with E-state index in [0.717, 1.165) is 33.6 Å². The molecule has 2 aromatic rings. The molecule has 1 aliphatic rings. The van der Waals surface area contributed by atoms with Gasteiger partial charge in [0.15, 0.2) is 0 Å². The van der Waals surface area contributed by atoms with E-state index in [0.29, 0.717) is 5.92 Å². The summed E-state index contributed by atoms with van der Waals surface area (Å²) in [6.07, 6.45) is -6.08. The van der Waals surface area contributed by atoms with Gasteiger partial charge in [-0.2, -0.15) is 4.31 Å². The van der Waals surface area contributed by atoms with Gasteiger partial charge < -0.3 is 20.1 Å². The van der Waals surface area contributed by atoms with Crippen molar-refractivity contribution >= 4 is 27.8 Å². The maximum absolute atomic E-state index is 13.7. The summed E-state index contributed by atoms with van der Waals surface area (Å²) in [7, 11) is -4.47. The Hall–Kier alpha value is -3.65. The largest absolute Gasteiger partial charge is 0.573 e. The third kappa shape index (κ3) is 8.43. The fraction of sp³-hybridized carbons (Fsp3) is 0.444. The zero-order valence-corrected chi connectivity index (χ0v) is 23.6.